The molecule has 0 aliphatic heterocycles. The zero-order valence-corrected chi connectivity index (χ0v) is 16.8. The second kappa shape index (κ2) is 8.69. The highest BCUT2D eigenvalue weighted by Gasteiger charge is 2.24. The van der Waals surface area contributed by atoms with Gasteiger partial charge < -0.3 is 9.73 Å². The van der Waals surface area contributed by atoms with Gasteiger partial charge in [0.05, 0.1) is 23.3 Å². The maximum atomic E-state index is 12.4. The van der Waals surface area contributed by atoms with Crippen LogP contribution in [0.2, 0.25) is 0 Å². The number of aromatic nitrogens is 2. The van der Waals surface area contributed by atoms with Crippen LogP contribution in [0.3, 0.4) is 0 Å². The molecule has 0 spiro atoms. The Labute approximate surface area is 163 Å². The quantitative estimate of drug-likeness (QED) is 0.457. The zero-order valence-electron chi connectivity index (χ0n) is 15.9. The molecule has 0 radical (unpaired) electrons. The molecule has 1 aliphatic carbocycles. The summed E-state index contributed by atoms with van der Waals surface area (Å²) in [6.45, 7) is 5.46. The third-order valence-electron chi connectivity index (χ3n) is 4.95. The highest BCUT2D eigenvalue weighted by molar-refractivity contribution is 8.00. The van der Waals surface area contributed by atoms with Crippen LogP contribution in [0.4, 0.5) is 0 Å². The summed E-state index contributed by atoms with van der Waals surface area (Å²) in [4.78, 5) is 33.4. The molecular formula is C20H25N3O3S. The number of furan rings is 1. The number of aryl methyl sites for hydroxylation is 1. The van der Waals surface area contributed by atoms with Gasteiger partial charge in [0, 0.05) is 6.04 Å². The Morgan fingerprint density at radius 2 is 2.07 bits per heavy atom. The summed E-state index contributed by atoms with van der Waals surface area (Å²) in [5, 5.41) is 3.66. The normalized spacial score (nSPS) is 19.7. The van der Waals surface area contributed by atoms with Crippen LogP contribution in [-0.2, 0) is 4.79 Å². The molecular weight excluding hydrogens is 362 g/mol. The lowest BCUT2D eigenvalue weighted by Crippen LogP contribution is -2.41. The summed E-state index contributed by atoms with van der Waals surface area (Å²) in [5.41, 5.74) is 1.06. The Balaban J connectivity index is 1.74. The fourth-order valence-corrected chi connectivity index (χ4v) is 4.42. The van der Waals surface area contributed by atoms with E-state index in [-0.39, 0.29) is 23.5 Å². The van der Waals surface area contributed by atoms with Gasteiger partial charge >= 0.3 is 0 Å². The van der Waals surface area contributed by atoms with Gasteiger partial charge in [-0.2, -0.15) is 0 Å². The molecule has 2 heterocycles. The fourth-order valence-electron chi connectivity index (χ4n) is 3.49. The number of nitrogens with zero attached hydrogens (tertiary/aromatic N) is 2. The molecule has 1 amide bonds. The van der Waals surface area contributed by atoms with Crippen molar-refractivity contribution in [1.82, 2.24) is 15.3 Å². The van der Waals surface area contributed by atoms with E-state index in [1.54, 1.807) is 25.3 Å². The van der Waals surface area contributed by atoms with Gasteiger partial charge in [-0.25, -0.2) is 9.97 Å². The molecule has 0 saturated heterocycles. The van der Waals surface area contributed by atoms with Crippen LogP contribution >= 0.6 is 11.8 Å². The molecule has 2 aromatic heterocycles. The summed E-state index contributed by atoms with van der Waals surface area (Å²) in [6, 6.07) is 3.77. The Morgan fingerprint density at radius 3 is 2.74 bits per heavy atom. The highest BCUT2D eigenvalue weighted by Crippen LogP contribution is 2.28. The number of nitrogens with one attached hydrogen (secondary N) is 1. The molecule has 1 N–H and O–H groups in total. The summed E-state index contributed by atoms with van der Waals surface area (Å²) < 4.78 is 5.37. The van der Waals surface area contributed by atoms with E-state index in [0.29, 0.717) is 33.8 Å². The third kappa shape index (κ3) is 4.77. The summed E-state index contributed by atoms with van der Waals surface area (Å²) >= 11 is 1.27. The van der Waals surface area contributed by atoms with Gasteiger partial charge in [-0.15, -0.1) is 0 Å². The molecule has 2 aromatic rings. The molecule has 2 atom stereocenters. The first kappa shape index (κ1) is 19.6. The molecule has 2 unspecified atom stereocenters. The Bertz CT molecular complexity index is 820. The topological polar surface area (TPSA) is 85.1 Å². The van der Waals surface area contributed by atoms with E-state index in [2.05, 4.69) is 22.2 Å². The molecule has 1 aliphatic rings. The van der Waals surface area contributed by atoms with Gasteiger partial charge in [-0.05, 0) is 44.7 Å². The van der Waals surface area contributed by atoms with Crippen molar-refractivity contribution in [3.63, 3.8) is 0 Å². The number of Topliss-reactive ketones (excluding diaryl/α,β-unsaturated/α-hetero) is 1. The molecule has 1 saturated carbocycles. The lowest BCUT2D eigenvalue weighted by molar-refractivity contribution is -0.119. The molecule has 6 nitrogen and oxygen atoms in total. The van der Waals surface area contributed by atoms with Gasteiger partial charge in [0.1, 0.15) is 5.03 Å². The average Bonchev–Trinajstić information content (AvgIpc) is 3.16. The number of rotatable bonds is 6. The van der Waals surface area contributed by atoms with E-state index in [0.717, 1.165) is 19.3 Å². The van der Waals surface area contributed by atoms with E-state index in [4.69, 9.17) is 4.42 Å². The predicted octanol–water partition coefficient (Wildman–Crippen LogP) is 4.03. The van der Waals surface area contributed by atoms with Crippen molar-refractivity contribution in [1.29, 1.82) is 0 Å². The van der Waals surface area contributed by atoms with Gasteiger partial charge in [-0.3, -0.25) is 9.59 Å². The number of ketones is 1. The lowest BCUT2D eigenvalue weighted by atomic mass is 9.86. The van der Waals surface area contributed by atoms with Gasteiger partial charge in [0.15, 0.2) is 17.4 Å². The lowest BCUT2D eigenvalue weighted by Gasteiger charge is -2.29. The number of carbonyl (C=O) groups is 2. The monoisotopic (exact) mass is 387 g/mol. The molecule has 0 bridgehead atoms. The average molecular weight is 388 g/mol. The second-order valence-corrected chi connectivity index (χ2v) is 8.03. The maximum Gasteiger partial charge on any atom is 0.230 e. The summed E-state index contributed by atoms with van der Waals surface area (Å²) in [5.74, 6) is 1.55. The second-order valence-electron chi connectivity index (χ2n) is 7.07. The maximum absolute atomic E-state index is 12.4. The van der Waals surface area contributed by atoms with Crippen molar-refractivity contribution < 1.29 is 14.0 Å². The van der Waals surface area contributed by atoms with Crippen molar-refractivity contribution in [2.45, 2.75) is 57.5 Å². The van der Waals surface area contributed by atoms with E-state index in [9.17, 15) is 9.59 Å². The van der Waals surface area contributed by atoms with E-state index < -0.39 is 0 Å². The standard InChI is InChI=1S/C20H25N3O3S/c1-12-7-4-5-8-15(12)22-17(25)11-27-20-18(14(3)24)13(2)21-19(23-20)16-9-6-10-26-16/h6,9-10,12,15H,4-5,7-8,11H2,1-3H3,(H,22,25). The van der Waals surface area contributed by atoms with Crippen molar-refractivity contribution in [3.05, 3.63) is 29.7 Å². The predicted molar refractivity (Wildman–Crippen MR) is 105 cm³/mol. The van der Waals surface area contributed by atoms with Crippen LogP contribution in [0, 0.1) is 12.8 Å². The molecule has 3 rings (SSSR count). The van der Waals surface area contributed by atoms with Crippen LogP contribution in [0.1, 0.15) is 55.6 Å². The smallest absolute Gasteiger partial charge is 0.230 e. The van der Waals surface area contributed by atoms with Crippen molar-refractivity contribution in [2.24, 2.45) is 5.92 Å². The van der Waals surface area contributed by atoms with Crippen LogP contribution < -0.4 is 5.32 Å². The van der Waals surface area contributed by atoms with Crippen LogP contribution in [0.15, 0.2) is 27.8 Å². The minimum atomic E-state index is -0.109. The minimum Gasteiger partial charge on any atom is -0.461 e. The molecule has 7 heteroatoms. The van der Waals surface area contributed by atoms with Crippen LogP contribution in [-0.4, -0.2) is 33.5 Å². The SMILES string of the molecule is CC(=O)c1c(C)nc(-c2ccco2)nc1SCC(=O)NC1CCCCC1C. The summed E-state index contributed by atoms with van der Waals surface area (Å²) in [6.07, 6.45) is 6.14. The summed E-state index contributed by atoms with van der Waals surface area (Å²) in [7, 11) is 0. The van der Waals surface area contributed by atoms with Crippen molar-refractivity contribution in [2.75, 3.05) is 5.75 Å². The number of thioether (sulfide) groups is 1. The molecule has 1 fully saturated rings. The van der Waals surface area contributed by atoms with E-state index in [1.807, 2.05) is 0 Å². The van der Waals surface area contributed by atoms with Gasteiger partial charge in [0.2, 0.25) is 5.91 Å². The largest absolute Gasteiger partial charge is 0.461 e. The number of carbonyl (C=O) groups excluding carboxylic acids is 2. The highest BCUT2D eigenvalue weighted by atomic mass is 32.2. The van der Waals surface area contributed by atoms with Crippen LogP contribution in [0.5, 0.6) is 0 Å². The first-order valence-corrected chi connectivity index (χ1v) is 10.3. The Morgan fingerprint density at radius 1 is 1.30 bits per heavy atom. The Hall–Kier alpha value is -2.15. The zero-order chi connectivity index (χ0) is 19.4. The van der Waals surface area contributed by atoms with Crippen molar-refractivity contribution >= 4 is 23.5 Å². The number of hydrogen-bond donors (Lipinski definition) is 1. The molecule has 144 valence electrons. The van der Waals surface area contributed by atoms with Crippen molar-refractivity contribution in [3.8, 4) is 11.6 Å². The first-order valence-electron chi connectivity index (χ1n) is 9.31. The minimum absolute atomic E-state index is 0.0240. The molecule has 0 aromatic carbocycles. The van der Waals surface area contributed by atoms with Gasteiger partial charge in [0.25, 0.3) is 0 Å². The van der Waals surface area contributed by atoms with Crippen LogP contribution in [0.25, 0.3) is 11.6 Å². The third-order valence-corrected chi connectivity index (χ3v) is 5.92. The van der Waals surface area contributed by atoms with E-state index in [1.165, 1.54) is 25.1 Å². The van der Waals surface area contributed by atoms with E-state index >= 15 is 0 Å². The number of hydrogen-bond acceptors (Lipinski definition) is 6. The molecule has 27 heavy (non-hydrogen) atoms. The van der Waals surface area contributed by atoms with Gasteiger partial charge in [-0.1, -0.05) is 31.5 Å². The Kier molecular flexibility index (Phi) is 6.31. The fraction of sp³-hybridized carbons (Fsp3) is 0.500. The number of amides is 1. The first-order chi connectivity index (χ1) is 13.0.